The lowest BCUT2D eigenvalue weighted by molar-refractivity contribution is -0.138. The number of halogens is 6. The first-order valence-corrected chi connectivity index (χ1v) is 6.93. The van der Waals surface area contributed by atoms with Gasteiger partial charge in [-0.25, -0.2) is 4.98 Å². The largest absolute Gasteiger partial charge is 0.534 e. The van der Waals surface area contributed by atoms with E-state index >= 15 is 0 Å². The van der Waals surface area contributed by atoms with Crippen molar-refractivity contribution in [3.05, 3.63) is 22.9 Å². The molecule has 0 aliphatic heterocycles. The van der Waals surface area contributed by atoms with Gasteiger partial charge in [-0.2, -0.15) is 34.8 Å². The Morgan fingerprint density at radius 2 is 1.71 bits per heavy atom. The number of alkyl halides is 6. The number of hydrogen-bond acceptors (Lipinski definition) is 4. The summed E-state index contributed by atoms with van der Waals surface area (Å²) < 4.78 is 100. The molecular weight excluding hydrogens is 328 g/mol. The molecule has 0 amide bonds. The van der Waals surface area contributed by atoms with Gasteiger partial charge in [-0.3, -0.25) is 0 Å². The van der Waals surface area contributed by atoms with Crippen LogP contribution in [0.4, 0.5) is 26.3 Å². The van der Waals surface area contributed by atoms with Crippen molar-refractivity contribution in [2.75, 3.05) is 0 Å². The van der Waals surface area contributed by atoms with Crippen molar-refractivity contribution >= 4 is 10.1 Å². The van der Waals surface area contributed by atoms with Gasteiger partial charge in [-0.15, -0.1) is 0 Å². The predicted molar refractivity (Wildman–Crippen MR) is 56.9 cm³/mol. The molecule has 0 fully saturated rings. The summed E-state index contributed by atoms with van der Waals surface area (Å²) in [5, 5.41) is 0. The second-order valence-corrected chi connectivity index (χ2v) is 5.81. The Morgan fingerprint density at radius 3 is 2.24 bits per heavy atom. The van der Waals surface area contributed by atoms with Gasteiger partial charge in [0.1, 0.15) is 0 Å². The molecule has 1 aliphatic rings. The summed E-state index contributed by atoms with van der Waals surface area (Å²) in [4.78, 5) is 3.42. The Hall–Kier alpha value is -1.52. The number of aromatic nitrogens is 1. The van der Waals surface area contributed by atoms with E-state index in [0.717, 1.165) is 0 Å². The summed E-state index contributed by atoms with van der Waals surface area (Å²) in [6, 6.07) is 0.174. The number of pyridine rings is 1. The molecule has 0 aromatic carbocycles. The molecular formula is C10H7F6NO3S. The lowest BCUT2D eigenvalue weighted by atomic mass is 10.1. The molecule has 2 rings (SSSR count). The molecule has 0 spiro atoms. The van der Waals surface area contributed by atoms with E-state index in [1.165, 1.54) is 0 Å². The van der Waals surface area contributed by atoms with Gasteiger partial charge in [0.15, 0.2) is 0 Å². The van der Waals surface area contributed by atoms with E-state index < -0.39 is 33.2 Å². The molecule has 11 heteroatoms. The molecule has 118 valence electrons. The Bertz CT molecular complexity index is 665. The summed E-state index contributed by atoms with van der Waals surface area (Å²) >= 11 is 0. The van der Waals surface area contributed by atoms with Crippen molar-refractivity contribution < 1.29 is 38.9 Å². The Kier molecular flexibility index (Phi) is 3.59. The maximum atomic E-state index is 12.8. The third-order valence-corrected chi connectivity index (χ3v) is 3.77. The van der Waals surface area contributed by atoms with E-state index in [9.17, 15) is 34.8 Å². The first kappa shape index (κ1) is 15.9. The molecule has 0 saturated carbocycles. The van der Waals surface area contributed by atoms with Gasteiger partial charge < -0.3 is 4.18 Å². The molecule has 0 saturated heterocycles. The standard InChI is InChI=1S/C10H7F6NO3S/c11-9(12,13)6-4-8(17-7-3-1-2-5(6)7)20-21(18,19)10(14,15)16/h4H,1-3H2. The molecule has 0 radical (unpaired) electrons. The summed E-state index contributed by atoms with van der Waals surface area (Å²) in [6.45, 7) is 0. The van der Waals surface area contributed by atoms with Crippen LogP contribution >= 0.6 is 0 Å². The van der Waals surface area contributed by atoms with Crippen LogP contribution in [0.1, 0.15) is 23.2 Å². The van der Waals surface area contributed by atoms with Crippen LogP contribution in [0.15, 0.2) is 6.07 Å². The minimum atomic E-state index is -6.06. The summed E-state index contributed by atoms with van der Waals surface area (Å²) in [7, 11) is -6.06. The van der Waals surface area contributed by atoms with Crippen LogP contribution in [-0.2, 0) is 29.1 Å². The molecule has 0 N–H and O–H groups in total. The quantitative estimate of drug-likeness (QED) is 0.474. The van der Waals surface area contributed by atoms with Crippen molar-refractivity contribution in [2.24, 2.45) is 0 Å². The zero-order valence-electron chi connectivity index (χ0n) is 10.0. The van der Waals surface area contributed by atoms with Crippen LogP contribution in [0, 0.1) is 0 Å². The maximum Gasteiger partial charge on any atom is 0.534 e. The lowest BCUT2D eigenvalue weighted by Gasteiger charge is -2.14. The second kappa shape index (κ2) is 4.75. The monoisotopic (exact) mass is 335 g/mol. The molecule has 0 unspecified atom stereocenters. The van der Waals surface area contributed by atoms with E-state index in [4.69, 9.17) is 0 Å². The lowest BCUT2D eigenvalue weighted by Crippen LogP contribution is -2.28. The first-order valence-electron chi connectivity index (χ1n) is 5.52. The highest BCUT2D eigenvalue weighted by molar-refractivity contribution is 7.87. The van der Waals surface area contributed by atoms with Crippen molar-refractivity contribution in [1.29, 1.82) is 0 Å². The number of fused-ring (bicyclic) bond motifs is 1. The zero-order valence-corrected chi connectivity index (χ0v) is 10.9. The van der Waals surface area contributed by atoms with Crippen molar-refractivity contribution in [1.82, 2.24) is 4.98 Å². The zero-order chi connectivity index (χ0) is 16.1. The summed E-state index contributed by atoms with van der Waals surface area (Å²) in [5.74, 6) is -1.24. The number of nitrogens with zero attached hydrogens (tertiary/aromatic N) is 1. The normalized spacial score (nSPS) is 15.9. The molecule has 21 heavy (non-hydrogen) atoms. The smallest absolute Gasteiger partial charge is 0.355 e. The van der Waals surface area contributed by atoms with Gasteiger partial charge in [-0.05, 0) is 24.8 Å². The molecule has 1 heterocycles. The van der Waals surface area contributed by atoms with Gasteiger partial charge in [-0.1, -0.05) is 0 Å². The predicted octanol–water partition coefficient (Wildman–Crippen LogP) is 2.82. The third kappa shape index (κ3) is 3.06. The molecule has 0 bridgehead atoms. The Balaban J connectivity index is 2.49. The van der Waals surface area contributed by atoms with Gasteiger partial charge in [0, 0.05) is 11.8 Å². The van der Waals surface area contributed by atoms with Crippen molar-refractivity contribution in [3.63, 3.8) is 0 Å². The van der Waals surface area contributed by atoms with Crippen LogP contribution in [0.5, 0.6) is 5.88 Å². The number of aryl methyl sites for hydroxylation is 1. The van der Waals surface area contributed by atoms with Gasteiger partial charge >= 0.3 is 21.8 Å². The fourth-order valence-corrected chi connectivity index (χ4v) is 2.38. The SMILES string of the molecule is O=S(=O)(Oc1cc(C(F)(F)F)c2c(n1)CCC2)C(F)(F)F. The van der Waals surface area contributed by atoms with Crippen LogP contribution in [-0.4, -0.2) is 18.9 Å². The van der Waals surface area contributed by atoms with E-state index in [2.05, 4.69) is 9.17 Å². The van der Waals surface area contributed by atoms with Crippen molar-refractivity contribution in [3.8, 4) is 5.88 Å². The summed E-state index contributed by atoms with van der Waals surface area (Å²) in [5.41, 5.74) is -7.21. The van der Waals surface area contributed by atoms with Gasteiger partial charge in [0.25, 0.3) is 0 Å². The van der Waals surface area contributed by atoms with Crippen LogP contribution < -0.4 is 4.18 Å². The maximum absolute atomic E-state index is 12.8. The minimum Gasteiger partial charge on any atom is -0.355 e. The molecule has 4 nitrogen and oxygen atoms in total. The number of rotatable bonds is 2. The average molecular weight is 335 g/mol. The van der Waals surface area contributed by atoms with Gasteiger partial charge in [0.2, 0.25) is 5.88 Å². The minimum absolute atomic E-state index is 0.0729. The molecule has 0 atom stereocenters. The van der Waals surface area contributed by atoms with E-state index in [0.29, 0.717) is 6.42 Å². The fourth-order valence-electron chi connectivity index (χ4n) is 1.97. The topological polar surface area (TPSA) is 56.3 Å². The highest BCUT2D eigenvalue weighted by Crippen LogP contribution is 2.39. The Morgan fingerprint density at radius 1 is 1.10 bits per heavy atom. The summed E-state index contributed by atoms with van der Waals surface area (Å²) in [6.07, 6.45) is -4.30. The first-order chi connectivity index (χ1) is 9.42. The number of hydrogen-bond donors (Lipinski definition) is 0. The van der Waals surface area contributed by atoms with E-state index in [1.807, 2.05) is 0 Å². The highest BCUT2D eigenvalue weighted by Gasteiger charge is 2.49. The second-order valence-electron chi connectivity index (χ2n) is 4.27. The van der Waals surface area contributed by atoms with E-state index in [1.54, 1.807) is 0 Å². The van der Waals surface area contributed by atoms with E-state index in [-0.39, 0.29) is 30.2 Å². The van der Waals surface area contributed by atoms with Crippen LogP contribution in [0.25, 0.3) is 0 Å². The molecule has 1 aromatic rings. The third-order valence-electron chi connectivity index (χ3n) is 2.81. The van der Waals surface area contributed by atoms with Crippen molar-refractivity contribution in [2.45, 2.75) is 30.9 Å². The van der Waals surface area contributed by atoms with Gasteiger partial charge in [0.05, 0.1) is 5.56 Å². The average Bonchev–Trinajstić information content (AvgIpc) is 2.72. The highest BCUT2D eigenvalue weighted by atomic mass is 32.2. The fraction of sp³-hybridized carbons (Fsp3) is 0.500. The molecule has 1 aliphatic carbocycles. The molecule has 1 aromatic heterocycles. The van der Waals surface area contributed by atoms with Crippen LogP contribution in [0.3, 0.4) is 0 Å². The Labute approximate surface area is 114 Å². The van der Waals surface area contributed by atoms with Crippen LogP contribution in [0.2, 0.25) is 0 Å².